The van der Waals surface area contributed by atoms with Crippen molar-refractivity contribution >= 4 is 11.9 Å². The van der Waals surface area contributed by atoms with Crippen LogP contribution in [0.5, 0.6) is 11.5 Å². The minimum Gasteiger partial charge on any atom is -0.423 e. The summed E-state index contributed by atoms with van der Waals surface area (Å²) in [4.78, 5) is 25.1. The number of carbonyl (C=O) groups is 2. The summed E-state index contributed by atoms with van der Waals surface area (Å²) in [6.07, 6.45) is 0. The lowest BCUT2D eigenvalue weighted by Gasteiger charge is -2.11. The number of ether oxygens (including phenoxy) is 2. The second-order valence-corrected chi connectivity index (χ2v) is 5.40. The van der Waals surface area contributed by atoms with E-state index >= 15 is 0 Å². The van der Waals surface area contributed by atoms with Gasteiger partial charge >= 0.3 is 11.9 Å². The Morgan fingerprint density at radius 3 is 1.72 bits per heavy atom. The monoisotopic (exact) mass is 332 g/mol. The first-order valence-electron chi connectivity index (χ1n) is 7.79. The molecule has 0 aliphatic carbocycles. The fraction of sp³-hybridized carbons (Fsp3) is 0.0476. The molecular weight excluding hydrogens is 316 g/mol. The Morgan fingerprint density at radius 2 is 1.16 bits per heavy atom. The minimum atomic E-state index is -0.602. The fourth-order valence-corrected chi connectivity index (χ4v) is 2.41. The summed E-state index contributed by atoms with van der Waals surface area (Å²) >= 11 is 0. The predicted octanol–water partition coefficient (Wildman–Crippen LogP) is 4.43. The number of carbonyl (C=O) groups excluding carboxylic acids is 2. The van der Waals surface area contributed by atoms with Gasteiger partial charge in [0.05, 0.1) is 11.1 Å². The van der Waals surface area contributed by atoms with Crippen molar-refractivity contribution in [2.75, 3.05) is 0 Å². The zero-order valence-electron chi connectivity index (χ0n) is 13.6. The average Bonchev–Trinajstić information content (AvgIpc) is 2.63. The molecular formula is C21H16O4. The Hall–Kier alpha value is -3.40. The van der Waals surface area contributed by atoms with Gasteiger partial charge in [-0.3, -0.25) is 0 Å². The van der Waals surface area contributed by atoms with Crippen LogP contribution in [0.3, 0.4) is 0 Å². The van der Waals surface area contributed by atoms with Crippen molar-refractivity contribution in [1.82, 2.24) is 0 Å². The van der Waals surface area contributed by atoms with E-state index in [1.807, 2.05) is 12.1 Å². The molecule has 0 spiro atoms. The largest absolute Gasteiger partial charge is 0.423 e. The van der Waals surface area contributed by atoms with Crippen LogP contribution in [0, 0.1) is 6.92 Å². The van der Waals surface area contributed by atoms with Crippen LogP contribution in [0.1, 0.15) is 26.3 Å². The maximum Gasteiger partial charge on any atom is 0.344 e. The molecule has 4 heteroatoms. The molecule has 0 atom stereocenters. The van der Waals surface area contributed by atoms with Crippen LogP contribution in [0.25, 0.3) is 0 Å². The van der Waals surface area contributed by atoms with E-state index in [1.54, 1.807) is 73.7 Å². The molecule has 0 unspecified atom stereocenters. The van der Waals surface area contributed by atoms with Gasteiger partial charge in [0.1, 0.15) is 11.5 Å². The highest BCUT2D eigenvalue weighted by Gasteiger charge is 2.22. The van der Waals surface area contributed by atoms with E-state index in [1.165, 1.54) is 0 Å². The standard InChI is InChI=1S/C21H16O4/c1-15-9-8-14-18(20(22)24-16-10-4-2-5-11-16)19(15)21(23)25-17-12-6-3-7-13-17/h2-14H,1H3. The zero-order chi connectivity index (χ0) is 17.6. The first kappa shape index (κ1) is 16.5. The molecule has 0 fully saturated rings. The molecule has 4 nitrogen and oxygen atoms in total. The summed E-state index contributed by atoms with van der Waals surface area (Å²) in [6.45, 7) is 1.75. The van der Waals surface area contributed by atoms with Gasteiger partial charge in [0.15, 0.2) is 0 Å². The van der Waals surface area contributed by atoms with E-state index in [9.17, 15) is 9.59 Å². The van der Waals surface area contributed by atoms with Crippen molar-refractivity contribution in [3.63, 3.8) is 0 Å². The lowest BCUT2D eigenvalue weighted by atomic mass is 10.0. The number of para-hydroxylation sites is 2. The molecule has 3 rings (SSSR count). The number of hydrogen-bond acceptors (Lipinski definition) is 4. The van der Waals surface area contributed by atoms with Crippen molar-refractivity contribution in [1.29, 1.82) is 0 Å². The van der Waals surface area contributed by atoms with Gasteiger partial charge in [0, 0.05) is 0 Å². The van der Waals surface area contributed by atoms with Gasteiger partial charge in [-0.1, -0.05) is 48.5 Å². The third-order valence-corrected chi connectivity index (χ3v) is 3.60. The van der Waals surface area contributed by atoms with Crippen LogP contribution in [0.15, 0.2) is 78.9 Å². The summed E-state index contributed by atoms with van der Waals surface area (Å²) in [5.41, 5.74) is 1.01. The summed E-state index contributed by atoms with van der Waals surface area (Å²) in [7, 11) is 0. The van der Waals surface area contributed by atoms with Gasteiger partial charge in [-0.15, -0.1) is 0 Å². The van der Waals surface area contributed by atoms with E-state index in [2.05, 4.69) is 0 Å². The first-order valence-corrected chi connectivity index (χ1v) is 7.79. The van der Waals surface area contributed by atoms with Crippen LogP contribution in [0.2, 0.25) is 0 Å². The van der Waals surface area contributed by atoms with Crippen molar-refractivity contribution in [3.05, 3.63) is 95.6 Å². The van der Waals surface area contributed by atoms with Crippen LogP contribution in [-0.2, 0) is 0 Å². The molecule has 0 radical (unpaired) electrons. The molecule has 0 N–H and O–H groups in total. The molecule has 0 aliphatic heterocycles. The molecule has 0 aromatic heterocycles. The molecule has 3 aromatic rings. The van der Waals surface area contributed by atoms with E-state index in [4.69, 9.17) is 9.47 Å². The van der Waals surface area contributed by atoms with Gasteiger partial charge < -0.3 is 9.47 Å². The molecule has 0 saturated heterocycles. The Bertz CT molecular complexity index is 886. The molecule has 0 heterocycles. The minimum absolute atomic E-state index is 0.171. The van der Waals surface area contributed by atoms with Crippen molar-refractivity contribution in [2.24, 2.45) is 0 Å². The van der Waals surface area contributed by atoms with Crippen molar-refractivity contribution in [3.8, 4) is 11.5 Å². The number of hydrogen-bond donors (Lipinski definition) is 0. The summed E-state index contributed by atoms with van der Waals surface area (Å²) in [5, 5.41) is 0. The molecule has 25 heavy (non-hydrogen) atoms. The van der Waals surface area contributed by atoms with Crippen LogP contribution < -0.4 is 9.47 Å². The molecule has 0 aliphatic rings. The highest BCUT2D eigenvalue weighted by atomic mass is 16.5. The summed E-state index contributed by atoms with van der Waals surface area (Å²) in [6, 6.07) is 22.4. The second kappa shape index (κ2) is 7.45. The number of benzene rings is 3. The van der Waals surface area contributed by atoms with Crippen molar-refractivity contribution in [2.45, 2.75) is 6.92 Å². The Balaban J connectivity index is 1.89. The maximum atomic E-state index is 12.6. The lowest BCUT2D eigenvalue weighted by molar-refractivity contribution is 0.0691. The van der Waals surface area contributed by atoms with Gasteiger partial charge in [0.2, 0.25) is 0 Å². The smallest absolute Gasteiger partial charge is 0.344 e. The molecule has 0 saturated carbocycles. The zero-order valence-corrected chi connectivity index (χ0v) is 13.6. The Kier molecular flexibility index (Phi) is 4.90. The summed E-state index contributed by atoms with van der Waals surface area (Å²) < 4.78 is 10.7. The summed E-state index contributed by atoms with van der Waals surface area (Å²) in [5.74, 6) is -0.367. The van der Waals surface area contributed by atoms with E-state index in [0.717, 1.165) is 0 Å². The molecule has 0 bridgehead atoms. The highest BCUT2D eigenvalue weighted by molar-refractivity contribution is 6.05. The first-order chi connectivity index (χ1) is 12.1. The number of aryl methyl sites for hydroxylation is 1. The highest BCUT2D eigenvalue weighted by Crippen LogP contribution is 2.20. The van der Waals surface area contributed by atoms with Gasteiger partial charge in [-0.05, 0) is 42.8 Å². The normalized spacial score (nSPS) is 10.1. The lowest BCUT2D eigenvalue weighted by Crippen LogP contribution is -2.19. The Labute approximate surface area is 145 Å². The van der Waals surface area contributed by atoms with Gasteiger partial charge in [0.25, 0.3) is 0 Å². The molecule has 0 amide bonds. The maximum absolute atomic E-state index is 12.6. The van der Waals surface area contributed by atoms with Crippen LogP contribution in [-0.4, -0.2) is 11.9 Å². The van der Waals surface area contributed by atoms with Crippen LogP contribution in [0.4, 0.5) is 0 Å². The second-order valence-electron chi connectivity index (χ2n) is 5.40. The van der Waals surface area contributed by atoms with E-state index < -0.39 is 11.9 Å². The number of esters is 2. The predicted molar refractivity (Wildman–Crippen MR) is 94.0 cm³/mol. The fourth-order valence-electron chi connectivity index (χ4n) is 2.41. The van der Waals surface area contributed by atoms with Gasteiger partial charge in [-0.2, -0.15) is 0 Å². The van der Waals surface area contributed by atoms with Crippen LogP contribution >= 0.6 is 0 Å². The Morgan fingerprint density at radius 1 is 0.640 bits per heavy atom. The molecule has 124 valence electrons. The van der Waals surface area contributed by atoms with Crippen molar-refractivity contribution < 1.29 is 19.1 Å². The van der Waals surface area contributed by atoms with Gasteiger partial charge in [-0.25, -0.2) is 9.59 Å². The topological polar surface area (TPSA) is 52.6 Å². The van der Waals surface area contributed by atoms with E-state index in [0.29, 0.717) is 17.1 Å². The third-order valence-electron chi connectivity index (χ3n) is 3.60. The average molecular weight is 332 g/mol. The van der Waals surface area contributed by atoms with E-state index in [-0.39, 0.29) is 11.1 Å². The third kappa shape index (κ3) is 3.93. The quantitative estimate of drug-likeness (QED) is 0.524. The molecule has 3 aromatic carbocycles. The number of rotatable bonds is 4. The SMILES string of the molecule is Cc1cccc(C(=O)Oc2ccccc2)c1C(=O)Oc1ccccc1.